The second kappa shape index (κ2) is 4.70. The van der Waals surface area contributed by atoms with Crippen LogP contribution in [0.5, 0.6) is 0 Å². The highest BCUT2D eigenvalue weighted by molar-refractivity contribution is 5.74. The molecule has 0 saturated carbocycles. The highest BCUT2D eigenvalue weighted by Crippen LogP contribution is 2.17. The molecule has 2 aromatic carbocycles. The van der Waals surface area contributed by atoms with Crippen molar-refractivity contribution >= 4 is 11.0 Å². The second-order valence-electron chi connectivity index (χ2n) is 4.31. The van der Waals surface area contributed by atoms with Gasteiger partial charge in [0, 0.05) is 12.1 Å². The molecule has 1 heterocycles. The largest absolute Gasteiger partial charge is 0.240 e. The first-order valence-corrected chi connectivity index (χ1v) is 5.84. The van der Waals surface area contributed by atoms with Crippen molar-refractivity contribution in [3.05, 3.63) is 59.2 Å². The van der Waals surface area contributed by atoms with E-state index >= 15 is 0 Å². The Balaban J connectivity index is 1.98. The van der Waals surface area contributed by atoms with Crippen LogP contribution in [0.2, 0.25) is 0 Å². The first-order valence-electron chi connectivity index (χ1n) is 5.84. The second-order valence-corrected chi connectivity index (χ2v) is 4.31. The zero-order valence-corrected chi connectivity index (χ0v) is 10.2. The van der Waals surface area contributed by atoms with Gasteiger partial charge in [0.2, 0.25) is 0 Å². The first kappa shape index (κ1) is 12.2. The predicted octanol–water partition coefficient (Wildman–Crippen LogP) is 2.63. The Labute approximate surface area is 112 Å². The quantitative estimate of drug-likeness (QED) is 0.719. The van der Waals surface area contributed by atoms with Crippen molar-refractivity contribution in [1.82, 2.24) is 15.0 Å². The fourth-order valence-electron chi connectivity index (χ4n) is 1.94. The van der Waals surface area contributed by atoms with Gasteiger partial charge >= 0.3 is 0 Å². The zero-order valence-electron chi connectivity index (χ0n) is 10.2. The smallest absolute Gasteiger partial charge is 0.161 e. The summed E-state index contributed by atoms with van der Waals surface area (Å²) < 4.78 is 27.8. The molecule has 0 unspecified atom stereocenters. The number of aromatic nitrogens is 3. The molecule has 6 heteroatoms. The zero-order chi connectivity index (χ0) is 14.1. The van der Waals surface area contributed by atoms with Crippen LogP contribution in [0.15, 0.2) is 36.4 Å². The van der Waals surface area contributed by atoms with Crippen molar-refractivity contribution < 1.29 is 8.78 Å². The van der Waals surface area contributed by atoms with Gasteiger partial charge in [0.25, 0.3) is 0 Å². The van der Waals surface area contributed by atoms with Crippen LogP contribution in [0.4, 0.5) is 8.78 Å². The lowest BCUT2D eigenvalue weighted by atomic mass is 10.1. The van der Waals surface area contributed by atoms with E-state index in [4.69, 9.17) is 5.26 Å². The van der Waals surface area contributed by atoms with Gasteiger partial charge in [-0.1, -0.05) is 17.3 Å². The highest BCUT2D eigenvalue weighted by atomic mass is 19.2. The maximum atomic E-state index is 13.3. The number of rotatable bonds is 2. The van der Waals surface area contributed by atoms with E-state index in [1.165, 1.54) is 4.68 Å². The van der Waals surface area contributed by atoms with Gasteiger partial charge in [0.1, 0.15) is 5.52 Å². The molecule has 3 aromatic rings. The standard InChI is InChI=1S/C14H8F2N4/c15-11-5-13-14(6-12(11)16)20(19-18-13)8-10-3-1-9(7-17)2-4-10/h1-6H,8H2. The third-order valence-corrected chi connectivity index (χ3v) is 2.97. The molecule has 0 spiro atoms. The van der Waals surface area contributed by atoms with Gasteiger partial charge in [-0.25, -0.2) is 13.5 Å². The summed E-state index contributed by atoms with van der Waals surface area (Å²) in [6.07, 6.45) is 0. The fraction of sp³-hybridized carbons (Fsp3) is 0.0714. The summed E-state index contributed by atoms with van der Waals surface area (Å²) in [7, 11) is 0. The van der Waals surface area contributed by atoms with Crippen LogP contribution >= 0.6 is 0 Å². The number of benzene rings is 2. The minimum Gasteiger partial charge on any atom is -0.240 e. The van der Waals surface area contributed by atoms with Crippen LogP contribution in [0.1, 0.15) is 11.1 Å². The number of nitriles is 1. The molecule has 0 fully saturated rings. The predicted molar refractivity (Wildman–Crippen MR) is 67.7 cm³/mol. The average Bonchev–Trinajstić information content (AvgIpc) is 2.83. The molecule has 1 aromatic heterocycles. The van der Waals surface area contributed by atoms with Crippen LogP contribution in [0.3, 0.4) is 0 Å². The van der Waals surface area contributed by atoms with Gasteiger partial charge in [-0.3, -0.25) is 0 Å². The van der Waals surface area contributed by atoms with Crippen LogP contribution in [-0.2, 0) is 6.54 Å². The van der Waals surface area contributed by atoms with Crippen molar-refractivity contribution in [3.63, 3.8) is 0 Å². The molecule has 0 aliphatic carbocycles. The average molecular weight is 270 g/mol. The Hall–Kier alpha value is -2.81. The van der Waals surface area contributed by atoms with Gasteiger partial charge in [-0.2, -0.15) is 5.26 Å². The van der Waals surface area contributed by atoms with E-state index in [0.717, 1.165) is 17.7 Å². The van der Waals surface area contributed by atoms with Crippen molar-refractivity contribution in [3.8, 4) is 6.07 Å². The van der Waals surface area contributed by atoms with Gasteiger partial charge in [-0.05, 0) is 17.7 Å². The fourth-order valence-corrected chi connectivity index (χ4v) is 1.94. The van der Waals surface area contributed by atoms with Gasteiger partial charge in [-0.15, -0.1) is 5.10 Å². The molecular formula is C14H8F2N4. The van der Waals surface area contributed by atoms with Crippen LogP contribution in [-0.4, -0.2) is 15.0 Å². The lowest BCUT2D eigenvalue weighted by Crippen LogP contribution is -2.02. The Bertz CT molecular complexity index is 816. The van der Waals surface area contributed by atoms with Gasteiger partial charge in [0.05, 0.1) is 23.7 Å². The van der Waals surface area contributed by atoms with E-state index in [1.807, 2.05) is 6.07 Å². The highest BCUT2D eigenvalue weighted by Gasteiger charge is 2.10. The van der Waals surface area contributed by atoms with E-state index in [1.54, 1.807) is 24.3 Å². The number of hydrogen-bond acceptors (Lipinski definition) is 3. The monoisotopic (exact) mass is 270 g/mol. The normalized spacial score (nSPS) is 10.7. The van der Waals surface area contributed by atoms with Crippen LogP contribution < -0.4 is 0 Å². The van der Waals surface area contributed by atoms with E-state index < -0.39 is 11.6 Å². The third kappa shape index (κ3) is 2.10. The molecule has 0 atom stereocenters. The minimum absolute atomic E-state index is 0.303. The number of fused-ring (bicyclic) bond motifs is 1. The molecule has 4 nitrogen and oxygen atoms in total. The Kier molecular flexibility index (Phi) is 2.88. The molecule has 3 rings (SSSR count). The Morgan fingerprint density at radius 3 is 2.50 bits per heavy atom. The summed E-state index contributed by atoms with van der Waals surface area (Å²) in [6.45, 7) is 0.368. The molecule has 0 bridgehead atoms. The first-order chi connectivity index (χ1) is 9.67. The van der Waals surface area contributed by atoms with E-state index in [-0.39, 0.29) is 0 Å². The Morgan fingerprint density at radius 1 is 1.10 bits per heavy atom. The minimum atomic E-state index is -0.942. The molecule has 0 saturated heterocycles. The van der Waals surface area contributed by atoms with Crippen molar-refractivity contribution in [2.75, 3.05) is 0 Å². The van der Waals surface area contributed by atoms with Gasteiger partial charge < -0.3 is 0 Å². The van der Waals surface area contributed by atoms with Crippen molar-refractivity contribution in [1.29, 1.82) is 5.26 Å². The summed E-state index contributed by atoms with van der Waals surface area (Å²) in [5.41, 5.74) is 2.18. The van der Waals surface area contributed by atoms with E-state index in [2.05, 4.69) is 10.3 Å². The summed E-state index contributed by atoms with van der Waals surface area (Å²) in [5.74, 6) is -1.87. The van der Waals surface area contributed by atoms with Crippen molar-refractivity contribution in [2.45, 2.75) is 6.54 Å². The molecule has 20 heavy (non-hydrogen) atoms. The van der Waals surface area contributed by atoms with Crippen LogP contribution in [0.25, 0.3) is 11.0 Å². The van der Waals surface area contributed by atoms with E-state index in [9.17, 15) is 8.78 Å². The van der Waals surface area contributed by atoms with Crippen LogP contribution in [0, 0.1) is 23.0 Å². The summed E-state index contributed by atoms with van der Waals surface area (Å²) >= 11 is 0. The number of halogens is 2. The number of nitrogens with zero attached hydrogens (tertiary/aromatic N) is 4. The van der Waals surface area contributed by atoms with E-state index in [0.29, 0.717) is 23.1 Å². The Morgan fingerprint density at radius 2 is 1.80 bits per heavy atom. The topological polar surface area (TPSA) is 54.5 Å². The molecule has 0 aliphatic heterocycles. The lowest BCUT2D eigenvalue weighted by molar-refractivity contribution is 0.510. The summed E-state index contributed by atoms with van der Waals surface area (Å²) in [5, 5.41) is 16.4. The molecular weight excluding hydrogens is 262 g/mol. The maximum Gasteiger partial charge on any atom is 0.161 e. The lowest BCUT2D eigenvalue weighted by Gasteiger charge is -2.03. The molecule has 0 radical (unpaired) electrons. The van der Waals surface area contributed by atoms with Gasteiger partial charge in [0.15, 0.2) is 11.6 Å². The summed E-state index contributed by atoms with van der Waals surface area (Å²) in [6, 6.07) is 11.1. The third-order valence-electron chi connectivity index (χ3n) is 2.97. The van der Waals surface area contributed by atoms with Crippen molar-refractivity contribution in [2.24, 2.45) is 0 Å². The SMILES string of the molecule is N#Cc1ccc(Cn2nnc3cc(F)c(F)cc32)cc1. The summed E-state index contributed by atoms with van der Waals surface area (Å²) in [4.78, 5) is 0. The number of hydrogen-bond donors (Lipinski definition) is 0. The molecule has 0 N–H and O–H groups in total. The molecule has 98 valence electrons. The molecule has 0 amide bonds. The maximum absolute atomic E-state index is 13.3. The molecule has 0 aliphatic rings.